The van der Waals surface area contributed by atoms with Crippen molar-refractivity contribution in [3.8, 4) is 0 Å². The molecule has 0 unspecified atom stereocenters. The van der Waals surface area contributed by atoms with Crippen LogP contribution in [0.2, 0.25) is 0 Å². The zero-order valence-electron chi connectivity index (χ0n) is 18.6. The van der Waals surface area contributed by atoms with Crippen molar-refractivity contribution in [3.63, 3.8) is 0 Å². The largest absolute Gasteiger partial charge is 0.0845 e. The first-order chi connectivity index (χ1) is 15.0. The van der Waals surface area contributed by atoms with E-state index in [2.05, 4.69) is 60.8 Å². The minimum absolute atomic E-state index is 1.19. The maximum atomic E-state index is 2.28. The average molecular weight is 401 g/mol. The molecule has 1 aliphatic rings. The Balaban J connectivity index is 2.42. The molecule has 0 heteroatoms. The van der Waals surface area contributed by atoms with Crippen molar-refractivity contribution >= 4 is 0 Å². The quantitative estimate of drug-likeness (QED) is 0.380. The molecule has 1 aliphatic carbocycles. The SMILES string of the molecule is C1=CCCCCCCCCCCC=C\C=C/C=C\C=C/C=C\C=C/C=C\C=C/C=C\1. The van der Waals surface area contributed by atoms with Crippen LogP contribution in [0.15, 0.2) is 122 Å². The van der Waals surface area contributed by atoms with Gasteiger partial charge in [-0.1, -0.05) is 160 Å². The summed E-state index contributed by atoms with van der Waals surface area (Å²) in [4.78, 5) is 0. The third kappa shape index (κ3) is 20.1. The second-order valence-corrected chi connectivity index (χ2v) is 7.34. The normalized spacial score (nSPS) is 27.2. The van der Waals surface area contributed by atoms with Gasteiger partial charge in [0.1, 0.15) is 0 Å². The third-order valence-electron chi connectivity index (χ3n) is 4.65. The van der Waals surface area contributed by atoms with Gasteiger partial charge in [-0.25, -0.2) is 0 Å². The molecule has 0 radical (unpaired) electrons. The number of rotatable bonds is 0. The van der Waals surface area contributed by atoms with E-state index in [0.29, 0.717) is 0 Å². The van der Waals surface area contributed by atoms with E-state index in [1.807, 2.05) is 60.8 Å². The minimum atomic E-state index is 1.19. The van der Waals surface area contributed by atoms with E-state index in [-0.39, 0.29) is 0 Å². The first kappa shape index (κ1) is 25.4. The molecule has 0 nitrogen and oxygen atoms in total. The van der Waals surface area contributed by atoms with Gasteiger partial charge in [0.05, 0.1) is 0 Å². The van der Waals surface area contributed by atoms with Gasteiger partial charge in [0.2, 0.25) is 0 Å². The Labute approximate surface area is 185 Å². The first-order valence-corrected chi connectivity index (χ1v) is 11.6. The van der Waals surface area contributed by atoms with Crippen LogP contribution in [-0.2, 0) is 0 Å². The van der Waals surface area contributed by atoms with Crippen LogP contribution in [0.5, 0.6) is 0 Å². The summed E-state index contributed by atoms with van der Waals surface area (Å²) in [7, 11) is 0. The van der Waals surface area contributed by atoms with Crippen LogP contribution in [0.3, 0.4) is 0 Å². The average Bonchev–Trinajstić information content (AvgIpc) is 2.76. The standard InChI is InChI=1S/C30H40/c1-2-4-6-8-10-12-14-16-18-20-22-24-26-28-30-29-27-25-23-21-19-17-15-13-11-9-7-5-3-1/h1-20H,21-30H2/b3-1-,4-2-,7-5-,8-6-,11-9-,12-10-,15-13-,16-14-,19-17?,20-18?. The van der Waals surface area contributed by atoms with Crippen molar-refractivity contribution in [3.05, 3.63) is 122 Å². The van der Waals surface area contributed by atoms with Crippen LogP contribution in [-0.4, -0.2) is 0 Å². The molecule has 0 N–H and O–H groups in total. The van der Waals surface area contributed by atoms with Crippen LogP contribution in [0, 0.1) is 0 Å². The number of hydrogen-bond donors (Lipinski definition) is 0. The minimum Gasteiger partial charge on any atom is -0.0845 e. The zero-order chi connectivity index (χ0) is 21.2. The van der Waals surface area contributed by atoms with Crippen LogP contribution in [0.25, 0.3) is 0 Å². The van der Waals surface area contributed by atoms with Crippen molar-refractivity contribution in [1.82, 2.24) is 0 Å². The summed E-state index contributed by atoms with van der Waals surface area (Å²) in [6, 6.07) is 0. The van der Waals surface area contributed by atoms with Gasteiger partial charge in [-0.15, -0.1) is 0 Å². The second-order valence-electron chi connectivity index (χ2n) is 7.34. The van der Waals surface area contributed by atoms with Crippen LogP contribution >= 0.6 is 0 Å². The van der Waals surface area contributed by atoms with E-state index in [1.165, 1.54) is 64.2 Å². The second kappa shape index (κ2) is 22.7. The van der Waals surface area contributed by atoms with Crippen LogP contribution in [0.1, 0.15) is 64.2 Å². The molecule has 0 aromatic carbocycles. The fraction of sp³-hybridized carbons (Fsp3) is 0.333. The zero-order valence-corrected chi connectivity index (χ0v) is 18.6. The summed E-state index contributed by atoms with van der Waals surface area (Å²) in [6.45, 7) is 0. The van der Waals surface area contributed by atoms with E-state index in [9.17, 15) is 0 Å². The predicted octanol–water partition coefficient (Wildman–Crippen LogP) is 9.46. The fourth-order valence-corrected chi connectivity index (χ4v) is 2.96. The Morgan fingerprint density at radius 1 is 0.200 bits per heavy atom. The molecule has 0 heterocycles. The van der Waals surface area contributed by atoms with E-state index < -0.39 is 0 Å². The molecule has 0 fully saturated rings. The van der Waals surface area contributed by atoms with E-state index in [0.717, 1.165) is 0 Å². The monoisotopic (exact) mass is 400 g/mol. The number of allylic oxidation sites excluding steroid dienone is 20. The van der Waals surface area contributed by atoms with E-state index in [4.69, 9.17) is 0 Å². The molecule has 0 saturated carbocycles. The lowest BCUT2D eigenvalue weighted by Crippen LogP contribution is -1.81. The van der Waals surface area contributed by atoms with Gasteiger partial charge < -0.3 is 0 Å². The third-order valence-corrected chi connectivity index (χ3v) is 4.65. The predicted molar refractivity (Wildman–Crippen MR) is 138 cm³/mol. The molecule has 160 valence electrons. The summed E-state index contributed by atoms with van der Waals surface area (Å²) in [5.74, 6) is 0. The van der Waals surface area contributed by atoms with Gasteiger partial charge in [0, 0.05) is 0 Å². The molecule has 30 heavy (non-hydrogen) atoms. The smallest absolute Gasteiger partial charge is 0.0348 e. The van der Waals surface area contributed by atoms with Crippen LogP contribution in [0.4, 0.5) is 0 Å². The molecule has 0 saturated heterocycles. The molecular formula is C30H40. The Morgan fingerprint density at radius 2 is 0.400 bits per heavy atom. The van der Waals surface area contributed by atoms with E-state index in [1.54, 1.807) is 0 Å². The molecule has 0 spiro atoms. The molecule has 0 aromatic rings. The van der Waals surface area contributed by atoms with Crippen molar-refractivity contribution < 1.29 is 0 Å². The van der Waals surface area contributed by atoms with E-state index >= 15 is 0 Å². The topological polar surface area (TPSA) is 0 Å². The van der Waals surface area contributed by atoms with Crippen molar-refractivity contribution in [2.75, 3.05) is 0 Å². The highest BCUT2D eigenvalue weighted by atomic mass is 14.0. The van der Waals surface area contributed by atoms with Gasteiger partial charge >= 0.3 is 0 Å². The fourth-order valence-electron chi connectivity index (χ4n) is 2.96. The Kier molecular flexibility index (Phi) is 19.2. The molecule has 0 aliphatic heterocycles. The van der Waals surface area contributed by atoms with Gasteiger partial charge in [-0.05, 0) is 25.7 Å². The maximum Gasteiger partial charge on any atom is -0.0348 e. The van der Waals surface area contributed by atoms with Gasteiger partial charge in [-0.2, -0.15) is 0 Å². The molecule has 0 bridgehead atoms. The van der Waals surface area contributed by atoms with Gasteiger partial charge in [0.25, 0.3) is 0 Å². The maximum absolute atomic E-state index is 2.28. The highest BCUT2D eigenvalue weighted by Crippen LogP contribution is 2.11. The summed E-state index contributed by atoms with van der Waals surface area (Å²) >= 11 is 0. The highest BCUT2D eigenvalue weighted by Gasteiger charge is 1.91. The molecule has 0 atom stereocenters. The number of hydrogen-bond acceptors (Lipinski definition) is 0. The highest BCUT2D eigenvalue weighted by molar-refractivity contribution is 5.22. The Hall–Kier alpha value is -2.60. The van der Waals surface area contributed by atoms with Crippen molar-refractivity contribution in [2.45, 2.75) is 64.2 Å². The van der Waals surface area contributed by atoms with Crippen molar-refractivity contribution in [2.24, 2.45) is 0 Å². The lowest BCUT2D eigenvalue weighted by molar-refractivity contribution is 0.571. The summed E-state index contributed by atoms with van der Waals surface area (Å²) in [6.07, 6.45) is 55.0. The summed E-state index contributed by atoms with van der Waals surface area (Å²) in [5.41, 5.74) is 0. The van der Waals surface area contributed by atoms with Crippen molar-refractivity contribution in [1.29, 1.82) is 0 Å². The molecule has 0 aromatic heterocycles. The summed E-state index contributed by atoms with van der Waals surface area (Å²) < 4.78 is 0. The lowest BCUT2D eigenvalue weighted by Gasteiger charge is -2.00. The molecular weight excluding hydrogens is 360 g/mol. The summed E-state index contributed by atoms with van der Waals surface area (Å²) in [5, 5.41) is 0. The Bertz CT molecular complexity index is 609. The van der Waals surface area contributed by atoms with Gasteiger partial charge in [-0.3, -0.25) is 0 Å². The Morgan fingerprint density at radius 3 is 0.667 bits per heavy atom. The van der Waals surface area contributed by atoms with Crippen LogP contribution < -0.4 is 0 Å². The lowest BCUT2D eigenvalue weighted by atomic mass is 10.1. The first-order valence-electron chi connectivity index (χ1n) is 11.6. The molecule has 0 amide bonds. The molecule has 1 rings (SSSR count). The van der Waals surface area contributed by atoms with Gasteiger partial charge in [0.15, 0.2) is 0 Å².